The first kappa shape index (κ1) is 66.7. The van der Waals surface area contributed by atoms with E-state index in [4.69, 9.17) is 27.9 Å². The summed E-state index contributed by atoms with van der Waals surface area (Å²) in [5.41, 5.74) is -1.32. The van der Waals surface area contributed by atoms with E-state index in [0.29, 0.717) is 69.0 Å². The van der Waals surface area contributed by atoms with Crippen molar-refractivity contribution in [2.45, 2.75) is 150 Å². The smallest absolute Gasteiger partial charge is 0.478 e. The zero-order chi connectivity index (χ0) is 60.6. The summed E-state index contributed by atoms with van der Waals surface area (Å²) in [6.45, 7) is 12.8. The number of anilines is 1. The molecule has 0 fully saturated rings. The molecule has 24 nitrogen and oxygen atoms in total. The van der Waals surface area contributed by atoms with E-state index in [2.05, 4.69) is 34.3 Å². The van der Waals surface area contributed by atoms with E-state index < -0.39 is 104 Å². The van der Waals surface area contributed by atoms with Gasteiger partial charge in [0.1, 0.15) is 0 Å². The highest BCUT2D eigenvalue weighted by molar-refractivity contribution is 8.00. The predicted octanol–water partition coefficient (Wildman–Crippen LogP) is 7.08. The first-order chi connectivity index (χ1) is 37.3. The molecule has 0 spiro atoms. The summed E-state index contributed by atoms with van der Waals surface area (Å²) in [6, 6.07) is 3.20. The lowest BCUT2D eigenvalue weighted by Crippen LogP contribution is -2.91. The maximum absolute atomic E-state index is 13.8. The number of carboxylic acids is 1. The number of nitrogens with one attached hydrogen (secondary N) is 4. The van der Waals surface area contributed by atoms with Crippen LogP contribution in [0.2, 0.25) is 10.0 Å². The quantitative estimate of drug-likeness (QED) is 0.0130. The first-order valence-electron chi connectivity index (χ1n) is 25.6. The van der Waals surface area contributed by atoms with Gasteiger partial charge >= 0.3 is 39.1 Å². The van der Waals surface area contributed by atoms with Crippen LogP contribution in [0.5, 0.6) is 11.5 Å². The minimum Gasteiger partial charge on any atom is -0.478 e. The van der Waals surface area contributed by atoms with Crippen molar-refractivity contribution in [2.24, 2.45) is 0 Å². The molecule has 5 unspecified atom stereocenters. The fraction of sp³-hybridized carbons (Fsp3) is 0.551. The second-order valence-electron chi connectivity index (χ2n) is 21.6. The lowest BCUT2D eigenvalue weighted by atomic mass is 9.78. The number of carbonyl (C=O) groups excluding carboxylic acids is 2. The molecule has 0 radical (unpaired) electrons. The molecule has 0 saturated carbocycles. The van der Waals surface area contributed by atoms with Gasteiger partial charge in [0, 0.05) is 71.0 Å². The van der Waals surface area contributed by atoms with Gasteiger partial charge < -0.3 is 45.0 Å². The van der Waals surface area contributed by atoms with Crippen LogP contribution in [-0.2, 0) is 56.9 Å². The van der Waals surface area contributed by atoms with Gasteiger partial charge in [0.25, 0.3) is 10.1 Å². The second-order valence-corrected chi connectivity index (χ2v) is 31.9. The number of aromatic carboxylic acids is 1. The van der Waals surface area contributed by atoms with Gasteiger partial charge in [-0.05, 0) is 102 Å². The minimum absolute atomic E-state index is 0.0242. The average molecular weight is 1290 g/mol. The maximum Gasteiger partial charge on any atom is 0.479 e. The summed E-state index contributed by atoms with van der Waals surface area (Å²) in [6.07, 6.45) is 4.69. The van der Waals surface area contributed by atoms with Crippen LogP contribution in [0.4, 0.5) is 5.69 Å². The summed E-state index contributed by atoms with van der Waals surface area (Å²) in [4.78, 5) is 69.9. The number of hydrogen-bond donors (Lipinski definition) is 10. The van der Waals surface area contributed by atoms with Gasteiger partial charge in [-0.2, -0.15) is 16.8 Å². The number of carbonyl (C=O) groups is 3. The number of phosphoric acid groups is 1. The molecule has 3 aromatic carbocycles. The topological polar surface area (TPSA) is 379 Å². The molecular formula is C49H68Cl2N4O20P3S3+. The molecular weight excluding hydrogens is 1220 g/mol. The number of rotatable bonds is 26. The molecule has 0 saturated heterocycles. The number of hydrogen-bond acceptors (Lipinski definition) is 16. The molecule has 450 valence electrons. The fourth-order valence-corrected chi connectivity index (χ4v) is 18.6. The van der Waals surface area contributed by atoms with Crippen LogP contribution >= 0.6 is 58.0 Å². The first-order valence-corrected chi connectivity index (χ1v) is 35.2. The number of carboxylic acid groups (broad SMARTS) is 1. The Balaban J connectivity index is 1.18. The molecule has 32 heteroatoms. The van der Waals surface area contributed by atoms with E-state index in [-0.39, 0.29) is 97.9 Å². The van der Waals surface area contributed by atoms with E-state index in [1.165, 1.54) is 6.92 Å². The minimum atomic E-state index is -5.27. The molecule has 0 bridgehead atoms. The van der Waals surface area contributed by atoms with Crippen molar-refractivity contribution in [3.8, 4) is 11.5 Å². The third-order valence-electron chi connectivity index (χ3n) is 13.7. The highest BCUT2D eigenvalue weighted by atomic mass is 35.5. The maximum atomic E-state index is 13.8. The molecule has 3 aliphatic heterocycles. The molecule has 5 atom stereocenters. The Morgan fingerprint density at radius 2 is 1.42 bits per heavy atom. The van der Waals surface area contributed by atoms with Gasteiger partial charge in [-0.1, -0.05) is 56.3 Å². The number of benzene rings is 3. The van der Waals surface area contributed by atoms with Gasteiger partial charge in [-0.3, -0.25) is 32.3 Å². The Hall–Kier alpha value is -3.46. The molecule has 6 rings (SSSR count). The molecule has 81 heavy (non-hydrogen) atoms. The third-order valence-corrected chi connectivity index (χ3v) is 23.5. The normalized spacial score (nSPS) is 19.4. The van der Waals surface area contributed by atoms with Crippen LogP contribution in [0.25, 0.3) is 5.57 Å². The molecule has 10 N–H and O–H groups in total. The van der Waals surface area contributed by atoms with Crippen molar-refractivity contribution < 1.29 is 96.9 Å². The molecule has 0 aliphatic carbocycles. The zero-order valence-electron chi connectivity index (χ0n) is 45.6. The molecule has 3 heterocycles. The molecule has 3 aliphatic rings. The van der Waals surface area contributed by atoms with Crippen molar-refractivity contribution in [3.05, 3.63) is 66.1 Å². The lowest BCUT2D eigenvalue weighted by Gasteiger charge is -2.39. The van der Waals surface area contributed by atoms with Gasteiger partial charge in [0.2, 0.25) is 22.1 Å². The van der Waals surface area contributed by atoms with Crippen LogP contribution in [-0.4, -0.2) is 113 Å². The predicted molar refractivity (Wildman–Crippen MR) is 302 cm³/mol. The van der Waals surface area contributed by atoms with Crippen LogP contribution in [0.3, 0.4) is 0 Å². The third kappa shape index (κ3) is 16.3. The van der Waals surface area contributed by atoms with E-state index in [1.54, 1.807) is 12.1 Å². The lowest BCUT2D eigenvalue weighted by molar-refractivity contribution is -0.590. The van der Waals surface area contributed by atoms with Crippen molar-refractivity contribution in [1.82, 2.24) is 10.6 Å². The number of fused-ring (bicyclic) bond motifs is 4. The number of unbranched alkanes of at least 4 members (excludes halogenated alkanes) is 5. The molecule has 0 aromatic heterocycles. The highest BCUT2D eigenvalue weighted by Crippen LogP contribution is 2.66. The second kappa shape index (κ2) is 25.6. The van der Waals surface area contributed by atoms with Crippen molar-refractivity contribution >= 4 is 107 Å². The summed E-state index contributed by atoms with van der Waals surface area (Å²) in [5.74, 6) is -5.72. The summed E-state index contributed by atoms with van der Waals surface area (Å²) in [5, 5.41) is 19.1. The van der Waals surface area contributed by atoms with Crippen LogP contribution < -0.4 is 36.3 Å². The fourth-order valence-electron chi connectivity index (χ4n) is 10.5. The Morgan fingerprint density at radius 3 is 2.02 bits per heavy atom. The van der Waals surface area contributed by atoms with Crippen molar-refractivity contribution in [1.29, 1.82) is 0 Å². The molecule has 2 amide bonds. The average Bonchev–Trinajstić information content (AvgIpc) is 2.57. The van der Waals surface area contributed by atoms with Crippen LogP contribution in [0, 0.1) is 6.92 Å². The van der Waals surface area contributed by atoms with E-state index in [9.17, 15) is 73.8 Å². The number of phosphoric ester groups is 1. The Kier molecular flexibility index (Phi) is 21.1. The van der Waals surface area contributed by atoms with E-state index >= 15 is 0 Å². The zero-order valence-corrected chi connectivity index (χ0v) is 52.3. The van der Waals surface area contributed by atoms with Crippen LogP contribution in [0.15, 0.2) is 26.8 Å². The molecule has 3 aromatic rings. The monoisotopic (exact) mass is 1290 g/mol. The number of ether oxygens (including phenoxy) is 1. The summed E-state index contributed by atoms with van der Waals surface area (Å²) < 4.78 is 132. The van der Waals surface area contributed by atoms with Gasteiger partial charge in [-0.15, -0.1) is 11.8 Å². The summed E-state index contributed by atoms with van der Waals surface area (Å²) >= 11 is 14.7. The number of halogens is 2. The van der Waals surface area contributed by atoms with Crippen molar-refractivity contribution in [3.63, 3.8) is 0 Å². The van der Waals surface area contributed by atoms with E-state index in [0.717, 1.165) is 18.9 Å². The standard InChI is InChI=1S/C49H67Cl2N4O20P3S3/c1-26-22-48(4,5)54-40-29(26)20-31-36(32-21-30-27(2)23-49(6,7)55-41(30)46(81(69,70)71)43(32)74-42(31)45(40)80(66,67)68)35-28(3)44(39(51)38(50)37(35)47(58)59)79-24-34(57)53-18-14-11-12-16-33(56)52-17-13-9-10-15-19-73-78(64,65)75-77(62,63)25-76(60,61)72-8/h20-21,26-27,54H,9-19,22-25H2,1-8H3,(H,52,56)(H,53,57)(H,58,59)(H,60,61)(H,62,63)(H,64,65)(H,66,67,68)(H,69,70,71)/p+1. The Morgan fingerprint density at radius 1 is 0.827 bits per heavy atom. The van der Waals surface area contributed by atoms with Gasteiger partial charge in [-0.25, -0.2) is 18.7 Å². The highest BCUT2D eigenvalue weighted by Gasteiger charge is 2.45. The van der Waals surface area contributed by atoms with Crippen molar-refractivity contribution in [2.75, 3.05) is 43.8 Å². The Labute approximate surface area is 483 Å². The Bertz CT molecular complexity index is 3550. The largest absolute Gasteiger partial charge is 0.479 e. The number of thioether (sulfide) groups is 1. The van der Waals surface area contributed by atoms with E-state index in [1.807, 2.05) is 41.5 Å². The number of amides is 2. The van der Waals surface area contributed by atoms with Crippen LogP contribution in [0.1, 0.15) is 156 Å². The SMILES string of the molecule is COP(=O)(O)CP(=O)(O)OP(=O)(O)OCCCCCCNC(=O)CCCCCNC(=O)CSc1c(C)c(C2=c3cc4c(c(S(=O)(=O)O)c3Oc3c2cc2c(c3S(=O)(=O)O)NC(C)(C)CC2C)=[NH+]C(C)(C)CC4C)c(C(=O)O)c(Cl)c1Cl. The van der Waals surface area contributed by atoms with Gasteiger partial charge in [0.15, 0.2) is 27.8 Å². The summed E-state index contributed by atoms with van der Waals surface area (Å²) in [7, 11) is -24.3. The van der Waals surface area contributed by atoms with Gasteiger partial charge in [0.05, 0.1) is 33.7 Å².